The van der Waals surface area contributed by atoms with Crippen LogP contribution in [0.5, 0.6) is 0 Å². The first kappa shape index (κ1) is 16.5. The molecule has 25 heavy (non-hydrogen) atoms. The van der Waals surface area contributed by atoms with Gasteiger partial charge in [-0.15, -0.1) is 0 Å². The summed E-state index contributed by atoms with van der Waals surface area (Å²) < 4.78 is 0. The van der Waals surface area contributed by atoms with E-state index in [1.54, 1.807) is 18.5 Å². The fraction of sp³-hybridized carbons (Fsp3) is 0.150. The Morgan fingerprint density at radius 2 is 1.88 bits per heavy atom. The smallest absolute Gasteiger partial charge is 0.138 e. The Morgan fingerprint density at radius 1 is 1.08 bits per heavy atom. The second kappa shape index (κ2) is 7.45. The van der Waals surface area contributed by atoms with Gasteiger partial charge in [0.2, 0.25) is 0 Å². The first-order chi connectivity index (χ1) is 12.2. The number of hydrogen-bond donors (Lipinski definition) is 1. The summed E-state index contributed by atoms with van der Waals surface area (Å²) in [5.41, 5.74) is 3.82. The highest BCUT2D eigenvalue weighted by Gasteiger charge is 2.10. The average Bonchev–Trinajstić information content (AvgIpc) is 2.63. The van der Waals surface area contributed by atoms with Gasteiger partial charge in [-0.05, 0) is 55.8 Å². The highest BCUT2D eigenvalue weighted by atomic mass is 15.2. The van der Waals surface area contributed by atoms with Gasteiger partial charge in [0.25, 0.3) is 0 Å². The molecule has 0 aliphatic carbocycles. The molecule has 0 bridgehead atoms. The average molecular weight is 329 g/mol. The summed E-state index contributed by atoms with van der Waals surface area (Å²) in [6.07, 6.45) is 1.56. The van der Waals surface area contributed by atoms with Gasteiger partial charge in [0.05, 0.1) is 11.6 Å². The molecule has 3 aromatic rings. The van der Waals surface area contributed by atoms with E-state index in [9.17, 15) is 0 Å². The molecule has 5 heteroatoms. The van der Waals surface area contributed by atoms with Crippen LogP contribution in [-0.4, -0.2) is 16.5 Å². The Bertz CT molecular complexity index is 896. The van der Waals surface area contributed by atoms with Gasteiger partial charge in [-0.25, -0.2) is 9.97 Å². The molecule has 0 aliphatic heterocycles. The van der Waals surface area contributed by atoms with Crippen molar-refractivity contribution in [3.05, 3.63) is 72.1 Å². The Labute approximate surface area is 147 Å². The third-order valence-electron chi connectivity index (χ3n) is 3.85. The van der Waals surface area contributed by atoms with Crippen LogP contribution in [0.2, 0.25) is 0 Å². The van der Waals surface area contributed by atoms with Crippen LogP contribution in [0, 0.1) is 18.3 Å². The molecular weight excluding hydrogens is 310 g/mol. The van der Waals surface area contributed by atoms with E-state index >= 15 is 0 Å². The van der Waals surface area contributed by atoms with Crippen LogP contribution in [-0.2, 0) is 0 Å². The molecule has 0 radical (unpaired) electrons. The van der Waals surface area contributed by atoms with Gasteiger partial charge in [0.15, 0.2) is 0 Å². The van der Waals surface area contributed by atoms with Gasteiger partial charge in [0, 0.05) is 24.0 Å². The molecule has 1 heterocycles. The van der Waals surface area contributed by atoms with Crippen molar-refractivity contribution in [3.8, 4) is 6.07 Å². The number of anilines is 4. The second-order valence-corrected chi connectivity index (χ2v) is 5.66. The number of benzene rings is 2. The summed E-state index contributed by atoms with van der Waals surface area (Å²) in [7, 11) is 0. The lowest BCUT2D eigenvalue weighted by Crippen LogP contribution is -2.17. The lowest BCUT2D eigenvalue weighted by atomic mass is 10.2. The van der Waals surface area contributed by atoms with Crippen LogP contribution in [0.15, 0.2) is 60.9 Å². The van der Waals surface area contributed by atoms with Crippen LogP contribution in [0.1, 0.15) is 18.1 Å². The first-order valence-electron chi connectivity index (χ1n) is 8.13. The highest BCUT2D eigenvalue weighted by Crippen LogP contribution is 2.26. The molecule has 0 fully saturated rings. The van der Waals surface area contributed by atoms with Gasteiger partial charge < -0.3 is 10.2 Å². The van der Waals surface area contributed by atoms with Crippen LogP contribution in [0.3, 0.4) is 0 Å². The van der Waals surface area contributed by atoms with E-state index in [2.05, 4.69) is 58.3 Å². The topological polar surface area (TPSA) is 64.8 Å². The summed E-state index contributed by atoms with van der Waals surface area (Å²) in [5, 5.41) is 12.1. The predicted molar refractivity (Wildman–Crippen MR) is 100 cm³/mol. The second-order valence-electron chi connectivity index (χ2n) is 5.66. The van der Waals surface area contributed by atoms with Gasteiger partial charge in [-0.3, -0.25) is 0 Å². The molecule has 1 N–H and O–H groups in total. The minimum Gasteiger partial charge on any atom is -0.340 e. The largest absolute Gasteiger partial charge is 0.340 e. The summed E-state index contributed by atoms with van der Waals surface area (Å²) >= 11 is 0. The zero-order valence-electron chi connectivity index (χ0n) is 14.3. The molecule has 124 valence electrons. The maximum atomic E-state index is 8.87. The van der Waals surface area contributed by atoms with Crippen molar-refractivity contribution in [2.24, 2.45) is 0 Å². The summed E-state index contributed by atoms with van der Waals surface area (Å²) in [6, 6.07) is 19.6. The standard InChI is InChI=1S/C20H19N5/c1-3-25(18-6-4-5-15(2)11-18)20-12-19(22-14-23-20)24-17-9-7-16(13-21)8-10-17/h4-12,14H,3H2,1-2H3,(H,22,23,24). The monoisotopic (exact) mass is 329 g/mol. The number of hydrogen-bond acceptors (Lipinski definition) is 5. The molecule has 2 aromatic carbocycles. The van der Waals surface area contributed by atoms with E-state index < -0.39 is 0 Å². The Kier molecular flexibility index (Phi) is 4.91. The SMILES string of the molecule is CCN(c1cccc(C)c1)c1cc(Nc2ccc(C#N)cc2)ncn1. The van der Waals surface area contributed by atoms with E-state index in [4.69, 9.17) is 5.26 Å². The van der Waals surface area contributed by atoms with Crippen molar-refractivity contribution in [3.63, 3.8) is 0 Å². The van der Waals surface area contributed by atoms with Crippen LogP contribution < -0.4 is 10.2 Å². The zero-order chi connectivity index (χ0) is 17.6. The summed E-state index contributed by atoms with van der Waals surface area (Å²) in [6.45, 7) is 4.98. The molecule has 0 saturated heterocycles. The number of nitrogens with zero attached hydrogens (tertiary/aromatic N) is 4. The van der Waals surface area contributed by atoms with Gasteiger partial charge in [-0.2, -0.15) is 5.26 Å². The summed E-state index contributed by atoms with van der Waals surface area (Å²) in [5.74, 6) is 1.54. The molecule has 0 aliphatic rings. The Hall–Kier alpha value is -3.39. The van der Waals surface area contributed by atoms with Gasteiger partial charge >= 0.3 is 0 Å². The number of nitrogens with one attached hydrogen (secondary N) is 1. The molecule has 3 rings (SSSR count). The Morgan fingerprint density at radius 3 is 2.56 bits per heavy atom. The van der Waals surface area contributed by atoms with Crippen molar-refractivity contribution >= 4 is 23.0 Å². The zero-order valence-corrected chi connectivity index (χ0v) is 14.3. The molecular formula is C20H19N5. The number of aryl methyl sites for hydroxylation is 1. The lowest BCUT2D eigenvalue weighted by Gasteiger charge is -2.22. The molecule has 5 nitrogen and oxygen atoms in total. The van der Waals surface area contributed by atoms with Crippen molar-refractivity contribution in [1.29, 1.82) is 5.26 Å². The van der Waals surface area contributed by atoms with E-state index in [1.165, 1.54) is 5.56 Å². The third-order valence-corrected chi connectivity index (χ3v) is 3.85. The lowest BCUT2D eigenvalue weighted by molar-refractivity contribution is 0.976. The number of nitriles is 1. The number of aromatic nitrogens is 2. The van der Waals surface area contributed by atoms with E-state index in [0.717, 1.165) is 23.7 Å². The molecule has 1 aromatic heterocycles. The van der Waals surface area contributed by atoms with Crippen molar-refractivity contribution < 1.29 is 0 Å². The normalized spacial score (nSPS) is 10.1. The minimum absolute atomic E-state index is 0.630. The fourth-order valence-corrected chi connectivity index (χ4v) is 2.61. The van der Waals surface area contributed by atoms with Crippen molar-refractivity contribution in [2.75, 3.05) is 16.8 Å². The predicted octanol–water partition coefficient (Wildman–Crippen LogP) is 4.56. The highest BCUT2D eigenvalue weighted by molar-refractivity contribution is 5.65. The van der Waals surface area contributed by atoms with Crippen LogP contribution >= 0.6 is 0 Å². The van der Waals surface area contributed by atoms with E-state index in [0.29, 0.717) is 11.4 Å². The van der Waals surface area contributed by atoms with Crippen molar-refractivity contribution in [2.45, 2.75) is 13.8 Å². The molecule has 0 amide bonds. The minimum atomic E-state index is 0.630. The summed E-state index contributed by atoms with van der Waals surface area (Å²) in [4.78, 5) is 10.8. The van der Waals surface area contributed by atoms with Gasteiger partial charge in [0.1, 0.15) is 18.0 Å². The van der Waals surface area contributed by atoms with Crippen molar-refractivity contribution in [1.82, 2.24) is 9.97 Å². The molecule has 0 saturated carbocycles. The van der Waals surface area contributed by atoms with Crippen LogP contribution in [0.4, 0.5) is 23.0 Å². The van der Waals surface area contributed by atoms with Crippen LogP contribution in [0.25, 0.3) is 0 Å². The Balaban J connectivity index is 1.85. The first-order valence-corrected chi connectivity index (χ1v) is 8.13. The maximum Gasteiger partial charge on any atom is 0.138 e. The molecule has 0 unspecified atom stereocenters. The van der Waals surface area contributed by atoms with E-state index in [1.807, 2.05) is 24.3 Å². The molecule has 0 atom stereocenters. The van der Waals surface area contributed by atoms with E-state index in [-0.39, 0.29) is 0 Å². The third kappa shape index (κ3) is 3.93. The molecule has 0 spiro atoms. The number of rotatable bonds is 5. The fourth-order valence-electron chi connectivity index (χ4n) is 2.61. The van der Waals surface area contributed by atoms with Gasteiger partial charge in [-0.1, -0.05) is 12.1 Å². The quantitative estimate of drug-likeness (QED) is 0.743. The maximum absolute atomic E-state index is 8.87.